The van der Waals surface area contributed by atoms with Crippen LogP contribution in [0.1, 0.15) is 11.4 Å². The third kappa shape index (κ3) is 3.66. The lowest BCUT2D eigenvalue weighted by atomic mass is 10.1. The van der Waals surface area contributed by atoms with Crippen LogP contribution in [-0.4, -0.2) is 26.3 Å². The molecule has 0 bridgehead atoms. The van der Waals surface area contributed by atoms with E-state index in [2.05, 4.69) is 15.3 Å². The molecule has 0 N–H and O–H groups in total. The molecule has 3 aromatic rings. The van der Waals surface area contributed by atoms with Gasteiger partial charge in [0.05, 0.1) is 5.71 Å². The van der Waals surface area contributed by atoms with E-state index in [-0.39, 0.29) is 6.61 Å². The van der Waals surface area contributed by atoms with Crippen molar-refractivity contribution in [2.24, 2.45) is 5.10 Å². The van der Waals surface area contributed by atoms with Gasteiger partial charge in [-0.3, -0.25) is 0 Å². The number of fused-ring (bicyclic) bond motifs is 1. The first-order chi connectivity index (χ1) is 12.2. The van der Waals surface area contributed by atoms with E-state index in [1.54, 1.807) is 28.6 Å². The highest BCUT2D eigenvalue weighted by atomic mass is 35.5. The molecule has 0 unspecified atom stereocenters. The summed E-state index contributed by atoms with van der Waals surface area (Å²) < 4.78 is 7.48. The molecule has 4 rings (SSSR count). The van der Waals surface area contributed by atoms with Crippen LogP contribution in [0.15, 0.2) is 58.8 Å². The Balaban J connectivity index is 1.56. The maximum absolute atomic E-state index is 5.95. The minimum absolute atomic E-state index is 0.270. The van der Waals surface area contributed by atoms with Gasteiger partial charge in [-0.15, -0.1) is 10.2 Å². The molecule has 1 aliphatic rings. The number of halogens is 2. The average molecular weight is 391 g/mol. The zero-order valence-electron chi connectivity index (χ0n) is 12.9. The maximum atomic E-state index is 5.95. The zero-order valence-corrected chi connectivity index (χ0v) is 15.2. The monoisotopic (exact) mass is 390 g/mol. The molecule has 5 nitrogen and oxygen atoms in total. The fraction of sp³-hybridized carbons (Fsp3) is 0.118. The van der Waals surface area contributed by atoms with Crippen LogP contribution in [0.2, 0.25) is 10.0 Å². The second-order valence-electron chi connectivity index (χ2n) is 5.30. The summed E-state index contributed by atoms with van der Waals surface area (Å²) in [4.78, 5) is 0. The first kappa shape index (κ1) is 16.4. The van der Waals surface area contributed by atoms with Gasteiger partial charge in [0.1, 0.15) is 12.4 Å². The Morgan fingerprint density at radius 2 is 1.64 bits per heavy atom. The summed E-state index contributed by atoms with van der Waals surface area (Å²) in [6, 6.07) is 14.8. The van der Waals surface area contributed by atoms with Crippen molar-refractivity contribution in [1.82, 2.24) is 14.9 Å². The first-order valence-electron chi connectivity index (χ1n) is 7.48. The average Bonchev–Trinajstić information content (AvgIpc) is 3.04. The summed E-state index contributed by atoms with van der Waals surface area (Å²) in [7, 11) is 0. The van der Waals surface area contributed by atoms with Crippen molar-refractivity contribution >= 4 is 40.7 Å². The molecule has 25 heavy (non-hydrogen) atoms. The van der Waals surface area contributed by atoms with Crippen LogP contribution in [0.5, 0.6) is 5.75 Å². The predicted octanol–water partition coefficient (Wildman–Crippen LogP) is 4.52. The predicted molar refractivity (Wildman–Crippen MR) is 99.9 cm³/mol. The quantitative estimate of drug-likeness (QED) is 0.656. The number of hydrogen-bond donors (Lipinski definition) is 0. The molecule has 126 valence electrons. The van der Waals surface area contributed by atoms with Crippen LogP contribution in [0.25, 0.3) is 0 Å². The standard InChI is InChI=1S/C17H12Cl2N4OS/c18-12-3-1-11(2-4-12)15-10-25-17-21-20-16(23(17)22-15)9-24-14-7-5-13(19)6-8-14/h1-8H,9-10H2. The minimum atomic E-state index is 0.270. The van der Waals surface area contributed by atoms with Crippen molar-refractivity contribution in [3.05, 3.63) is 70.0 Å². The molecule has 0 radical (unpaired) electrons. The van der Waals surface area contributed by atoms with Crippen molar-refractivity contribution in [3.63, 3.8) is 0 Å². The van der Waals surface area contributed by atoms with Gasteiger partial charge in [-0.2, -0.15) is 9.78 Å². The minimum Gasteiger partial charge on any atom is -0.486 e. The summed E-state index contributed by atoms with van der Waals surface area (Å²) in [5, 5.41) is 15.2. The van der Waals surface area contributed by atoms with Crippen molar-refractivity contribution < 1.29 is 4.74 Å². The van der Waals surface area contributed by atoms with Crippen LogP contribution < -0.4 is 4.74 Å². The van der Waals surface area contributed by atoms with E-state index in [4.69, 9.17) is 27.9 Å². The smallest absolute Gasteiger partial charge is 0.212 e. The molecule has 0 saturated heterocycles. The summed E-state index contributed by atoms with van der Waals surface area (Å²) in [5.41, 5.74) is 1.97. The van der Waals surface area contributed by atoms with Crippen molar-refractivity contribution in [2.45, 2.75) is 11.8 Å². The second-order valence-corrected chi connectivity index (χ2v) is 7.11. The second kappa shape index (κ2) is 7.07. The molecule has 0 atom stereocenters. The first-order valence-corrected chi connectivity index (χ1v) is 9.22. The van der Waals surface area contributed by atoms with Crippen LogP contribution in [0.3, 0.4) is 0 Å². The number of thioether (sulfide) groups is 1. The molecule has 0 saturated carbocycles. The lowest BCUT2D eigenvalue weighted by Gasteiger charge is -2.14. The normalized spacial score (nSPS) is 13.3. The molecule has 1 aromatic heterocycles. The molecule has 0 spiro atoms. The Hall–Kier alpha value is -2.02. The molecule has 0 amide bonds. The van der Waals surface area contributed by atoms with Gasteiger partial charge in [-0.05, 0) is 42.0 Å². The number of rotatable bonds is 4. The van der Waals surface area contributed by atoms with Gasteiger partial charge >= 0.3 is 0 Å². The molecule has 0 fully saturated rings. The zero-order chi connectivity index (χ0) is 17.2. The molecular weight excluding hydrogens is 379 g/mol. The van der Waals surface area contributed by atoms with E-state index < -0.39 is 0 Å². The lowest BCUT2D eigenvalue weighted by molar-refractivity contribution is 0.290. The number of ether oxygens (including phenoxy) is 1. The molecule has 2 heterocycles. The number of aromatic nitrogens is 3. The van der Waals surface area contributed by atoms with E-state index >= 15 is 0 Å². The fourth-order valence-electron chi connectivity index (χ4n) is 2.32. The van der Waals surface area contributed by atoms with Crippen LogP contribution in [0.4, 0.5) is 0 Å². The van der Waals surface area contributed by atoms with E-state index in [1.807, 2.05) is 36.4 Å². The summed E-state index contributed by atoms with van der Waals surface area (Å²) in [5.74, 6) is 2.09. The van der Waals surface area contributed by atoms with Gasteiger partial charge in [-0.25, -0.2) is 0 Å². The van der Waals surface area contributed by atoms with Gasteiger partial charge in [-0.1, -0.05) is 47.1 Å². The SMILES string of the molecule is Clc1ccc(OCc2nnc3n2N=C(c2ccc(Cl)cc2)CS3)cc1. The highest BCUT2D eigenvalue weighted by molar-refractivity contribution is 7.99. The van der Waals surface area contributed by atoms with Crippen molar-refractivity contribution in [3.8, 4) is 5.75 Å². The molecule has 1 aliphatic heterocycles. The van der Waals surface area contributed by atoms with Crippen LogP contribution in [-0.2, 0) is 6.61 Å². The van der Waals surface area contributed by atoms with Gasteiger partial charge in [0.15, 0.2) is 5.82 Å². The molecule has 2 aromatic carbocycles. The molecule has 8 heteroatoms. The third-order valence-electron chi connectivity index (χ3n) is 3.59. The highest BCUT2D eigenvalue weighted by Crippen LogP contribution is 2.25. The summed E-state index contributed by atoms with van der Waals surface area (Å²) >= 11 is 13.4. The largest absolute Gasteiger partial charge is 0.486 e. The Kier molecular flexibility index (Phi) is 4.65. The number of hydrogen-bond acceptors (Lipinski definition) is 5. The highest BCUT2D eigenvalue weighted by Gasteiger charge is 2.20. The summed E-state index contributed by atoms with van der Waals surface area (Å²) in [6.07, 6.45) is 0. The summed E-state index contributed by atoms with van der Waals surface area (Å²) in [6.45, 7) is 0.270. The van der Waals surface area contributed by atoms with Crippen LogP contribution >= 0.6 is 35.0 Å². The maximum Gasteiger partial charge on any atom is 0.212 e. The number of nitrogens with zero attached hydrogens (tertiary/aromatic N) is 4. The Bertz CT molecular complexity index is 923. The fourth-order valence-corrected chi connectivity index (χ4v) is 3.43. The van der Waals surface area contributed by atoms with E-state index in [0.29, 0.717) is 21.6 Å². The van der Waals surface area contributed by atoms with Gasteiger partial charge in [0, 0.05) is 15.8 Å². The van der Waals surface area contributed by atoms with E-state index in [9.17, 15) is 0 Å². The van der Waals surface area contributed by atoms with E-state index in [0.717, 1.165) is 22.2 Å². The lowest BCUT2D eigenvalue weighted by Crippen LogP contribution is -2.15. The molecular formula is C17H12Cl2N4OS. The molecule has 0 aliphatic carbocycles. The topological polar surface area (TPSA) is 52.3 Å². The van der Waals surface area contributed by atoms with Gasteiger partial charge < -0.3 is 4.74 Å². The van der Waals surface area contributed by atoms with Crippen molar-refractivity contribution in [1.29, 1.82) is 0 Å². The Morgan fingerprint density at radius 3 is 2.36 bits per heavy atom. The Labute approximate surface area is 158 Å². The van der Waals surface area contributed by atoms with E-state index in [1.165, 1.54) is 0 Å². The van der Waals surface area contributed by atoms with Gasteiger partial charge in [0.2, 0.25) is 5.16 Å². The number of benzene rings is 2. The Morgan fingerprint density at radius 1 is 0.960 bits per heavy atom. The van der Waals surface area contributed by atoms with Crippen molar-refractivity contribution in [2.75, 3.05) is 5.75 Å². The van der Waals surface area contributed by atoms with Gasteiger partial charge in [0.25, 0.3) is 0 Å². The van der Waals surface area contributed by atoms with Crippen LogP contribution in [0, 0.1) is 0 Å². The third-order valence-corrected chi connectivity index (χ3v) is 5.03.